The molecule has 3 aliphatic carbocycles. The molecule has 5 rings (SSSR count). The molecule has 2 atom stereocenters. The molecule has 0 aromatic heterocycles. The molecule has 1 aromatic carbocycles. The van der Waals surface area contributed by atoms with Gasteiger partial charge in [-0.1, -0.05) is 104 Å². The van der Waals surface area contributed by atoms with Gasteiger partial charge in [0, 0.05) is 5.41 Å². The van der Waals surface area contributed by atoms with E-state index < -0.39 is 0 Å². The highest BCUT2D eigenvalue weighted by Gasteiger charge is 2.74. The first-order valence-corrected chi connectivity index (χ1v) is 16.0. The molecule has 2 N–H and O–H groups in total. The Morgan fingerprint density at radius 2 is 1.57 bits per heavy atom. The molecule has 4 heteroatoms. The van der Waals surface area contributed by atoms with E-state index in [9.17, 15) is 4.79 Å². The van der Waals surface area contributed by atoms with Crippen LogP contribution in [0, 0.1) is 5.41 Å². The van der Waals surface area contributed by atoms with Gasteiger partial charge in [-0.05, 0) is 92.7 Å². The van der Waals surface area contributed by atoms with Crippen LogP contribution in [0.1, 0.15) is 118 Å². The summed E-state index contributed by atoms with van der Waals surface area (Å²) >= 11 is 0. The van der Waals surface area contributed by atoms with Crippen molar-refractivity contribution in [3.63, 3.8) is 0 Å². The van der Waals surface area contributed by atoms with E-state index in [0.29, 0.717) is 12.2 Å². The fourth-order valence-electron chi connectivity index (χ4n) is 5.59. The number of allylic oxidation sites excluding steroid dienone is 9. The predicted molar refractivity (Wildman–Crippen MR) is 180 cm³/mol. The van der Waals surface area contributed by atoms with E-state index in [1.54, 1.807) is 0 Å². The third-order valence-electron chi connectivity index (χ3n) is 7.55. The molecule has 1 heterocycles. The molecular weight excluding hydrogens is 518 g/mol. The lowest BCUT2D eigenvalue weighted by atomic mass is 9.72. The van der Waals surface area contributed by atoms with Gasteiger partial charge < -0.3 is 15.2 Å². The van der Waals surface area contributed by atoms with E-state index in [4.69, 9.17) is 15.2 Å². The summed E-state index contributed by atoms with van der Waals surface area (Å²) in [5, 5.41) is 0. The number of hydrogen-bond donors (Lipinski definition) is 1. The standard InChI is InChI=1S/C29H30O3.C3H8.C2H7N.2C2H6/c1-6-13-31-27(30)22-9-7-8-10-23(22)29-17-28(29)16-21(5)20(4)15-26(28)32-25-14-19(3)18(2)11-12-24(25)29;1-3-2;1-2-3;2*1-2/h7-11,14-16H,4,6,12-13,17H2,1-3,5H3;3H2,1-2H3;2-3H2,1H3;2*1-2H3. The Kier molecular flexibility index (Phi) is 15.0. The zero-order chi connectivity index (χ0) is 32.1. The highest BCUT2D eigenvalue weighted by Crippen LogP contribution is 2.77. The van der Waals surface area contributed by atoms with Crippen LogP contribution in [0.15, 0.2) is 94.5 Å². The third kappa shape index (κ3) is 7.26. The van der Waals surface area contributed by atoms with Gasteiger partial charge in [-0.3, -0.25) is 0 Å². The topological polar surface area (TPSA) is 61.5 Å². The summed E-state index contributed by atoms with van der Waals surface area (Å²) in [5.41, 5.74) is 11.8. The molecule has 0 bridgehead atoms. The molecular formula is C38H57NO3. The molecule has 1 fully saturated rings. The van der Waals surface area contributed by atoms with Crippen LogP contribution < -0.4 is 5.73 Å². The lowest BCUT2D eigenvalue weighted by molar-refractivity contribution is 0.0502. The average molecular weight is 576 g/mol. The van der Waals surface area contributed by atoms with Crippen LogP contribution in [0.25, 0.3) is 0 Å². The van der Waals surface area contributed by atoms with E-state index >= 15 is 0 Å². The van der Waals surface area contributed by atoms with Crippen molar-refractivity contribution >= 4 is 5.97 Å². The quantitative estimate of drug-likeness (QED) is 0.363. The van der Waals surface area contributed by atoms with Crippen molar-refractivity contribution in [1.29, 1.82) is 0 Å². The fraction of sp³-hybridized carbons (Fsp3) is 0.500. The van der Waals surface area contributed by atoms with Crippen LogP contribution in [0.3, 0.4) is 0 Å². The summed E-state index contributed by atoms with van der Waals surface area (Å²) in [7, 11) is 0. The van der Waals surface area contributed by atoms with E-state index in [2.05, 4.69) is 71.6 Å². The molecule has 42 heavy (non-hydrogen) atoms. The maximum atomic E-state index is 13.1. The number of ether oxygens (including phenoxy) is 2. The van der Waals surface area contributed by atoms with Gasteiger partial charge in [-0.2, -0.15) is 0 Å². The van der Waals surface area contributed by atoms with Gasteiger partial charge in [0.2, 0.25) is 0 Å². The second-order valence-corrected chi connectivity index (χ2v) is 10.6. The Balaban J connectivity index is 0.000000788. The van der Waals surface area contributed by atoms with E-state index in [-0.39, 0.29) is 16.8 Å². The summed E-state index contributed by atoms with van der Waals surface area (Å²) in [6.07, 6.45) is 12.6. The number of nitrogens with two attached hydrogens (primary N) is 1. The summed E-state index contributed by atoms with van der Waals surface area (Å²) in [4.78, 5) is 13.1. The molecule has 0 saturated heterocycles. The molecule has 1 spiro atoms. The van der Waals surface area contributed by atoms with E-state index in [1.807, 2.05) is 59.7 Å². The predicted octanol–water partition coefficient (Wildman–Crippen LogP) is 10.3. The lowest BCUT2D eigenvalue weighted by Gasteiger charge is -2.37. The third-order valence-corrected chi connectivity index (χ3v) is 7.55. The Labute approximate surface area is 257 Å². The second kappa shape index (κ2) is 17.1. The molecule has 4 nitrogen and oxygen atoms in total. The van der Waals surface area contributed by atoms with E-state index in [0.717, 1.165) is 48.5 Å². The van der Waals surface area contributed by atoms with Crippen LogP contribution in [0.2, 0.25) is 0 Å². The molecule has 232 valence electrons. The van der Waals surface area contributed by atoms with Crippen molar-refractivity contribution in [3.8, 4) is 0 Å². The molecule has 1 saturated carbocycles. The molecule has 0 radical (unpaired) electrons. The fourth-order valence-corrected chi connectivity index (χ4v) is 5.59. The highest BCUT2D eigenvalue weighted by molar-refractivity contribution is 5.92. The van der Waals surface area contributed by atoms with Crippen molar-refractivity contribution in [2.75, 3.05) is 13.2 Å². The van der Waals surface area contributed by atoms with Crippen molar-refractivity contribution in [2.45, 2.75) is 107 Å². The monoisotopic (exact) mass is 575 g/mol. The van der Waals surface area contributed by atoms with E-state index in [1.165, 1.54) is 28.7 Å². The minimum Gasteiger partial charge on any atom is -0.462 e. The van der Waals surface area contributed by atoms with Gasteiger partial charge in [0.1, 0.15) is 11.5 Å². The van der Waals surface area contributed by atoms with Crippen LogP contribution in [0.4, 0.5) is 0 Å². The minimum absolute atomic E-state index is 0.244. The number of benzene rings is 1. The molecule has 2 unspecified atom stereocenters. The largest absolute Gasteiger partial charge is 0.462 e. The van der Waals surface area contributed by atoms with Crippen LogP contribution >= 0.6 is 0 Å². The van der Waals surface area contributed by atoms with Gasteiger partial charge in [0.05, 0.1) is 17.6 Å². The molecule has 1 aliphatic heterocycles. The summed E-state index contributed by atoms with van der Waals surface area (Å²) in [5.74, 6) is 1.60. The summed E-state index contributed by atoms with van der Waals surface area (Å²) < 4.78 is 12.2. The van der Waals surface area contributed by atoms with Crippen LogP contribution in [-0.2, 0) is 14.9 Å². The normalized spacial score (nSPS) is 22.5. The number of fused-ring (bicyclic) bond motifs is 1. The number of rotatable bonds is 4. The SMILES string of the molecule is C=C1C=C2OC3=C(CC=C(C)C(C)=C3)C3(c4ccccc4C(=O)OCCC)CC23C=C1C.CC.CC.CCC.CCN. The minimum atomic E-state index is -0.325. The average Bonchev–Trinajstić information content (AvgIpc) is 3.70. The van der Waals surface area contributed by atoms with Crippen molar-refractivity contribution in [1.82, 2.24) is 0 Å². The Bertz CT molecular complexity index is 1240. The Hall–Kier alpha value is -3.11. The van der Waals surface area contributed by atoms with Gasteiger partial charge in [-0.15, -0.1) is 0 Å². The Morgan fingerprint density at radius 1 is 0.976 bits per heavy atom. The van der Waals surface area contributed by atoms with Gasteiger partial charge in [0.25, 0.3) is 0 Å². The van der Waals surface area contributed by atoms with Crippen molar-refractivity contribution in [2.24, 2.45) is 11.1 Å². The Morgan fingerprint density at radius 3 is 2.17 bits per heavy atom. The van der Waals surface area contributed by atoms with Crippen LogP contribution in [0.5, 0.6) is 0 Å². The summed E-state index contributed by atoms with van der Waals surface area (Å²) in [6, 6.07) is 7.97. The maximum Gasteiger partial charge on any atom is 0.338 e. The van der Waals surface area contributed by atoms with Crippen LogP contribution in [-0.4, -0.2) is 19.1 Å². The zero-order valence-corrected chi connectivity index (χ0v) is 28.4. The highest BCUT2D eigenvalue weighted by atomic mass is 16.5. The molecule has 0 amide bonds. The number of carbonyl (C=O) groups is 1. The van der Waals surface area contributed by atoms with Gasteiger partial charge >= 0.3 is 5.97 Å². The molecule has 1 aromatic rings. The maximum absolute atomic E-state index is 13.1. The number of esters is 1. The van der Waals surface area contributed by atoms with Gasteiger partial charge in [-0.25, -0.2) is 4.79 Å². The van der Waals surface area contributed by atoms with Crippen molar-refractivity contribution in [3.05, 3.63) is 106 Å². The number of hydrogen-bond acceptors (Lipinski definition) is 4. The lowest BCUT2D eigenvalue weighted by Crippen LogP contribution is -2.31. The summed E-state index contributed by atoms with van der Waals surface area (Å²) in [6.45, 7) is 27.9. The first kappa shape index (κ1) is 36.9. The first-order chi connectivity index (χ1) is 20.2. The second-order valence-electron chi connectivity index (χ2n) is 10.6. The van der Waals surface area contributed by atoms with Crippen molar-refractivity contribution < 1.29 is 14.3 Å². The zero-order valence-electron chi connectivity index (χ0n) is 28.4. The smallest absolute Gasteiger partial charge is 0.338 e. The first-order valence-electron chi connectivity index (χ1n) is 16.0. The number of carbonyl (C=O) groups excluding carboxylic acids is 1. The molecule has 4 aliphatic rings. The van der Waals surface area contributed by atoms with Gasteiger partial charge in [0.15, 0.2) is 0 Å².